The van der Waals surface area contributed by atoms with Crippen LogP contribution in [0.2, 0.25) is 0 Å². The van der Waals surface area contributed by atoms with E-state index >= 15 is 0 Å². The van der Waals surface area contributed by atoms with Crippen LogP contribution in [0.5, 0.6) is 5.88 Å². The number of anilines is 4. The summed E-state index contributed by atoms with van der Waals surface area (Å²) in [5.74, 6) is -0.750. The van der Waals surface area contributed by atoms with Gasteiger partial charge in [0.2, 0.25) is 29.5 Å². The third-order valence-electron chi connectivity index (χ3n) is 26.0. The molecule has 0 aliphatic carbocycles. The number of aromatic nitrogens is 16. The number of fused-ring (bicyclic) bond motifs is 15. The van der Waals surface area contributed by atoms with Gasteiger partial charge in [0.25, 0.3) is 16.7 Å². The second-order valence-corrected chi connectivity index (χ2v) is 43.5. The number of ether oxygens (including phenoxy) is 13. The molecule has 20 N–H and O–H groups in total. The van der Waals surface area contributed by atoms with E-state index in [0.717, 1.165) is 14.7 Å². The average Bonchev–Trinajstić information content (AvgIpc) is 1.54. The van der Waals surface area contributed by atoms with Crippen molar-refractivity contribution in [3.05, 3.63) is 107 Å². The number of nitrogens with two attached hydrogens (primary N) is 5. The van der Waals surface area contributed by atoms with Crippen LogP contribution in [0.15, 0.2) is 73.2 Å². The average molecular weight is 2660 g/mol. The van der Waals surface area contributed by atoms with Gasteiger partial charge in [-0.3, -0.25) is 84.5 Å². The Hall–Kier alpha value is -2.25. The Labute approximate surface area is 991 Å². The van der Waals surface area contributed by atoms with Crippen LogP contribution in [-0.4, -0.2) is 363 Å². The minimum absolute atomic E-state index is 0. The molecule has 13 aliphatic heterocycles. The van der Waals surface area contributed by atoms with E-state index in [1.165, 1.54) is 80.7 Å². The van der Waals surface area contributed by atoms with Gasteiger partial charge < -0.3 is 153 Å². The number of rotatable bonds is 26. The summed E-state index contributed by atoms with van der Waals surface area (Å²) in [6.45, 7) is 17.8. The van der Waals surface area contributed by atoms with Crippen LogP contribution >= 0.6 is 48.2 Å². The Bertz CT molecular complexity index is 6700. The standard InChI is InChI=1S/C15H22N5O6P.C13H18N5O6P.C12H17N6O5P.C12H20N3O6P.C12H17N2O7P.C11H14FN2O7P.6Y/c1-4-23-10-8-9(18-13(16)19-10)20(7-17-8)12-14(2)11(21)15(26-12,5-24-14)6-25-27(3)22;1-12-9(20)13(3-22-12,4-23-25(2)21)24-10(12)18-5-15-6-7(18)16-11(14)17-8(6)19;1-24(20)22-3-12-2-21-6(7(12)19)10(23-12)18-4-15-5-8(13)16-11(14)17-9(5)18;1-6-3-15(11(17)14-9(6)13)10-7-8(16)12(21-10,4-19-7)5-20-22(2)18;1-11-8(16)12(5-19-11,6-20-22(2)18)21-9(11)14-4-3-7(15)13-10(14)17;1-22(18)20-4-11-3-19-6(7(11)15)9(21-11)14-2-5(12)8(16)13-10(14)17;;;;;;/h7,11-12,21,27H,4-6H2,1-3H3,(H2,16,18,19);5,9-10,20,25H,3-4H2,1-2H3,(H3,14,16,17,19);4,6-7,10,19,24H,2-3H2,1H3,(H4,13,14,16,17);3,7-10,16,22H,4-5,13H2,1-2H3,(H,14,17);3-4,8-9,16,22H,5-6H2,1-2H3,(H,13,15,17);2,6-7,9,15,22H,3-4H2,1H3,(H,13,16,17);;;;;;/t11-,12+,14+,15+;9-,10+,12+,13+;6-,7+,10-,12-;7-,8+,9?,10-,12-;8-,9+,11+,12+;6-,7+,9-,11-;;;;;;/m001101....../s1. The molecule has 7 unspecified atom stereocenters. The van der Waals surface area contributed by atoms with Crippen LogP contribution in [-0.2, 0) is 308 Å². The number of nitrogen functional groups attached to an aromatic ring is 4. The van der Waals surface area contributed by atoms with Crippen LogP contribution in [0.1, 0.15) is 65.8 Å². The number of imidazole rings is 3. The second-order valence-electron chi connectivity index (χ2n) is 35.9. The molecule has 8 aromatic rings. The molecule has 2 amide bonds. The zero-order valence-corrected chi connectivity index (χ0v) is 104. The number of amides is 2. The molecule has 73 heteroatoms. The molecule has 12 bridgehead atoms. The molecule has 13 aliphatic rings. The van der Waals surface area contributed by atoms with Crippen molar-refractivity contribution in [2.45, 2.75) is 183 Å². The Morgan fingerprint density at radius 3 is 1.26 bits per heavy atom. The van der Waals surface area contributed by atoms with Gasteiger partial charge in [-0.1, -0.05) is 0 Å². The fourth-order valence-electron chi connectivity index (χ4n) is 18.5. The Balaban J connectivity index is 0.000000181. The normalized spacial score (nSPS) is 34.7. The van der Waals surface area contributed by atoms with Gasteiger partial charge in [0, 0.05) is 255 Å². The summed E-state index contributed by atoms with van der Waals surface area (Å²) in [5.41, 5.74) is 17.3. The van der Waals surface area contributed by atoms with Crippen LogP contribution in [0.3, 0.4) is 0 Å². The van der Waals surface area contributed by atoms with Gasteiger partial charge in [-0.15, -0.1) is 0 Å². The number of hydrogen-bond donors (Lipinski definition) is 15. The van der Waals surface area contributed by atoms with Gasteiger partial charge in [-0.25, -0.2) is 29.3 Å². The van der Waals surface area contributed by atoms with E-state index in [9.17, 15) is 91.2 Å². The molecule has 800 valence electrons. The Morgan fingerprint density at radius 1 is 0.459 bits per heavy atom. The van der Waals surface area contributed by atoms with Crippen molar-refractivity contribution in [3.63, 3.8) is 0 Å². The molecular formula is C75H108FN23O37P6Y6. The molecule has 8 aromatic heterocycles. The van der Waals surface area contributed by atoms with E-state index < -0.39 is 237 Å². The molecule has 0 aromatic carbocycles. The zero-order chi connectivity index (χ0) is 103. The fourth-order valence-corrected chi connectivity index (χ4v) is 21.2. The summed E-state index contributed by atoms with van der Waals surface area (Å²) in [7, 11) is -13.2. The van der Waals surface area contributed by atoms with Crippen molar-refractivity contribution in [1.82, 2.24) is 87.9 Å². The molecule has 0 spiro atoms. The molecule has 21 rings (SSSR count). The first-order valence-corrected chi connectivity index (χ1v) is 54.5. The third kappa shape index (κ3) is 24.5. The van der Waals surface area contributed by atoms with Gasteiger partial charge in [0.05, 0.1) is 111 Å². The first-order valence-electron chi connectivity index (χ1n) is 43.6. The Morgan fingerprint density at radius 2 is 0.831 bits per heavy atom. The molecule has 6 radical (unpaired) electrons. The summed E-state index contributed by atoms with van der Waals surface area (Å²) in [6.07, 6.45) is -6.02. The van der Waals surface area contributed by atoms with Crippen LogP contribution < -0.4 is 66.8 Å². The van der Waals surface area contributed by atoms with Crippen molar-refractivity contribution in [1.29, 1.82) is 0 Å². The number of H-pyrrole nitrogens is 3. The smallest absolute Gasteiger partial charge is 0.330 e. The van der Waals surface area contributed by atoms with E-state index in [2.05, 4.69) is 55.2 Å². The van der Waals surface area contributed by atoms with Crippen LogP contribution in [0, 0.1) is 5.82 Å². The monoisotopic (exact) mass is 2660 g/mol. The predicted octanol–water partition coefficient (Wildman–Crippen LogP) is -4.21. The SMILES string of the molecule is CC1=CN([C@@H]2O[C@@]3(CO[PH](C)=O)CO[C@@H]2[C@@H]3O)C(=O)NC1N.CCOc1nc(N)nc2c1ncn2[C@@H]1O[C@@]2(CO[PH](C)=O)CO[C@]1(C)[C@@H]2O.C[PH](=O)OC[C@@]12CO[C@@H]([C@H](n3cc(F)c(=O)[nH]c3=O)O1)[C@@H]2O.C[PH](=O)OC[C@@]12CO[C@@H]([C@H](n3cnc4c(N)nc(N)nc43)O1)[C@@H]2O.C[PH](=O)OC[C@]12CO[C@](C)([C@@H]1O)[C@H](n1ccc(=O)[nH]c1=O)O2.C[PH](=O)OC[C@]12CO[C@](C)([C@@H]1O)[C@H](n1cnc3c(=O)[nH]c(N)nc31)O2.[Y].[Y].[Y].[Y].[Y].[Y]. The van der Waals surface area contributed by atoms with E-state index in [1.807, 2.05) is 6.92 Å². The van der Waals surface area contributed by atoms with Crippen molar-refractivity contribution < 1.29 is 352 Å². The number of nitrogens with zero attached hydrogens (tertiary/aromatic N) is 14. The van der Waals surface area contributed by atoms with Gasteiger partial charge >= 0.3 is 17.4 Å². The maximum absolute atomic E-state index is 13.4. The fraction of sp³-hybridized carbons (Fsp3) is 0.653. The molecule has 21 heterocycles. The van der Waals surface area contributed by atoms with Crippen molar-refractivity contribution in [2.75, 3.05) is 149 Å². The second kappa shape index (κ2) is 50.3. The number of aromatic amines is 3. The molecule has 12 saturated heterocycles. The topological polar surface area (TPSA) is 822 Å². The van der Waals surface area contributed by atoms with E-state index in [-0.39, 0.29) is 316 Å². The molecular weight excluding hydrogens is 2550 g/mol. The molecule has 148 heavy (non-hydrogen) atoms. The van der Waals surface area contributed by atoms with Crippen LogP contribution in [0.25, 0.3) is 33.5 Å². The maximum Gasteiger partial charge on any atom is 0.330 e. The summed E-state index contributed by atoms with van der Waals surface area (Å²) in [6, 6.07) is 0.757. The number of urea groups is 1. The van der Waals surface area contributed by atoms with Gasteiger partial charge in [0.15, 0.2) is 119 Å². The summed E-state index contributed by atoms with van der Waals surface area (Å²) in [5, 5.41) is 65.8. The Kier molecular flexibility index (Phi) is 43.4. The van der Waals surface area contributed by atoms with Gasteiger partial charge in [0.1, 0.15) is 117 Å². The van der Waals surface area contributed by atoms with Gasteiger partial charge in [-0.2, -0.15) is 29.3 Å². The summed E-state index contributed by atoms with van der Waals surface area (Å²) >= 11 is 0. The molecule has 60 nitrogen and oxygen atoms in total. The van der Waals surface area contributed by atoms with Crippen molar-refractivity contribution in [3.8, 4) is 5.88 Å². The van der Waals surface area contributed by atoms with Crippen molar-refractivity contribution >= 4 is 111 Å². The number of nitrogens with one attached hydrogen (secondary N) is 4. The first-order chi connectivity index (χ1) is 66.9. The largest absolute Gasteiger partial charge is 0.476 e. The number of aliphatic hydroxyl groups excluding tert-OH is 6. The zero-order valence-electron chi connectivity index (χ0n) is 80.8. The van der Waals surface area contributed by atoms with Crippen LogP contribution in [0.4, 0.5) is 32.8 Å². The quantitative estimate of drug-likeness (QED) is 0.0229. The number of carbonyl (C=O) groups excluding carboxylic acids is 1. The van der Waals surface area contributed by atoms with E-state index in [0.29, 0.717) is 35.1 Å². The third-order valence-corrected chi connectivity index (χ3v) is 29.3. The summed E-state index contributed by atoms with van der Waals surface area (Å²) < 4.78 is 193. The minimum Gasteiger partial charge on any atom is -0.476 e. The number of hydrogen-bond acceptors (Lipinski definition) is 50. The molecule has 31 atom stereocenters. The molecule has 12 fully saturated rings. The summed E-state index contributed by atoms with van der Waals surface area (Å²) in [4.78, 5) is 111. The predicted molar refractivity (Wildman–Crippen MR) is 488 cm³/mol. The van der Waals surface area contributed by atoms with E-state index in [4.69, 9.17) is 117 Å². The molecule has 0 saturated carbocycles. The number of carbonyl (C=O) groups is 1. The number of halogens is 1. The first kappa shape index (κ1) is 128. The van der Waals surface area contributed by atoms with E-state index in [1.54, 1.807) is 48.0 Å². The van der Waals surface area contributed by atoms with Crippen molar-refractivity contribution in [2.24, 2.45) is 5.73 Å². The minimum atomic E-state index is -2.25. The maximum atomic E-state index is 13.4. The van der Waals surface area contributed by atoms with Gasteiger partial charge in [-0.05, 0) is 40.2 Å². The number of aliphatic hydroxyl groups is 6.